The Balaban J connectivity index is 1.91. The number of aryl methyl sites for hydroxylation is 2. The molecule has 25 heavy (non-hydrogen) atoms. The smallest absolute Gasteiger partial charge is 0.336 e. The van der Waals surface area contributed by atoms with Crippen molar-refractivity contribution in [2.24, 2.45) is 0 Å². The molecular weight excluding hydrogens is 314 g/mol. The maximum absolute atomic E-state index is 11.9. The van der Waals surface area contributed by atoms with E-state index < -0.39 is 0 Å². The molecule has 0 fully saturated rings. The van der Waals surface area contributed by atoms with E-state index in [1.165, 1.54) is 0 Å². The summed E-state index contributed by atoms with van der Waals surface area (Å²) in [5, 5.41) is 13.8. The molecule has 2 aromatic carbocycles. The van der Waals surface area contributed by atoms with E-state index in [4.69, 9.17) is 4.42 Å². The first-order valence-corrected chi connectivity index (χ1v) is 8.51. The van der Waals surface area contributed by atoms with E-state index in [0.29, 0.717) is 18.5 Å². The van der Waals surface area contributed by atoms with Crippen LogP contribution < -0.4 is 10.9 Å². The summed E-state index contributed by atoms with van der Waals surface area (Å²) >= 11 is 0. The second-order valence-electron chi connectivity index (χ2n) is 6.38. The van der Waals surface area contributed by atoms with Gasteiger partial charge in [-0.25, -0.2) is 4.79 Å². The predicted octanol–water partition coefficient (Wildman–Crippen LogP) is 3.62. The summed E-state index contributed by atoms with van der Waals surface area (Å²) in [6.07, 6.45) is 0.613. The number of benzene rings is 2. The number of fused-ring (bicyclic) bond motifs is 1. The van der Waals surface area contributed by atoms with E-state index >= 15 is 0 Å². The Labute approximate surface area is 147 Å². The minimum Gasteiger partial charge on any atom is -0.423 e. The molecule has 0 aliphatic carbocycles. The van der Waals surface area contributed by atoms with Crippen LogP contribution in [-0.4, -0.2) is 11.7 Å². The first kappa shape index (κ1) is 17.4. The zero-order chi connectivity index (χ0) is 17.8. The molecule has 0 spiro atoms. The van der Waals surface area contributed by atoms with E-state index in [1.54, 1.807) is 6.07 Å². The second-order valence-corrected chi connectivity index (χ2v) is 6.38. The average molecular weight is 337 g/mol. The van der Waals surface area contributed by atoms with Gasteiger partial charge in [-0.15, -0.1) is 0 Å². The molecule has 0 aliphatic heterocycles. The van der Waals surface area contributed by atoms with Crippen LogP contribution in [-0.2, 0) is 6.54 Å². The van der Waals surface area contributed by atoms with Crippen LogP contribution in [0.5, 0.6) is 0 Å². The molecule has 130 valence electrons. The number of rotatable bonds is 6. The zero-order valence-electron chi connectivity index (χ0n) is 14.6. The SMILES string of the molecule is Cc1cc2oc(=O)cc(CNC(CCO)c3ccccc3)c2cc1C. The Bertz CT molecular complexity index is 916. The number of nitrogens with one attached hydrogen (secondary N) is 1. The molecule has 4 nitrogen and oxygen atoms in total. The standard InChI is InChI=1S/C21H23NO3/c1-14-10-18-17(12-21(24)25-20(18)11-15(14)2)13-22-19(8-9-23)16-6-4-3-5-7-16/h3-7,10-12,19,22-23H,8-9,13H2,1-2H3. The molecule has 0 amide bonds. The summed E-state index contributed by atoms with van der Waals surface area (Å²) in [5.41, 5.74) is 4.57. The first-order valence-electron chi connectivity index (χ1n) is 8.51. The van der Waals surface area contributed by atoms with Crippen molar-refractivity contribution in [2.75, 3.05) is 6.61 Å². The van der Waals surface area contributed by atoms with Crippen molar-refractivity contribution in [3.63, 3.8) is 0 Å². The lowest BCUT2D eigenvalue weighted by molar-refractivity contribution is 0.265. The topological polar surface area (TPSA) is 62.5 Å². The Morgan fingerprint density at radius 3 is 2.52 bits per heavy atom. The van der Waals surface area contributed by atoms with Gasteiger partial charge in [0.1, 0.15) is 5.58 Å². The first-order chi connectivity index (χ1) is 12.1. The van der Waals surface area contributed by atoms with Crippen molar-refractivity contribution in [1.29, 1.82) is 0 Å². The van der Waals surface area contributed by atoms with Crippen molar-refractivity contribution >= 4 is 11.0 Å². The molecule has 0 bridgehead atoms. The molecule has 0 radical (unpaired) electrons. The molecule has 1 unspecified atom stereocenters. The van der Waals surface area contributed by atoms with Crippen LogP contribution in [0.25, 0.3) is 11.0 Å². The minimum atomic E-state index is -0.342. The van der Waals surface area contributed by atoms with Gasteiger partial charge in [0.15, 0.2) is 0 Å². The summed E-state index contributed by atoms with van der Waals surface area (Å²) in [6.45, 7) is 4.69. The van der Waals surface area contributed by atoms with Crippen LogP contribution in [0.2, 0.25) is 0 Å². The van der Waals surface area contributed by atoms with Gasteiger partial charge in [0.05, 0.1) is 0 Å². The number of aliphatic hydroxyl groups excluding tert-OH is 1. The Morgan fingerprint density at radius 1 is 1.08 bits per heavy atom. The van der Waals surface area contributed by atoms with Crippen LogP contribution in [0, 0.1) is 13.8 Å². The highest BCUT2D eigenvalue weighted by Crippen LogP contribution is 2.23. The predicted molar refractivity (Wildman–Crippen MR) is 99.7 cm³/mol. The molecule has 1 heterocycles. The monoisotopic (exact) mass is 337 g/mol. The highest BCUT2D eigenvalue weighted by molar-refractivity contribution is 5.81. The van der Waals surface area contributed by atoms with Gasteiger partial charge in [-0.1, -0.05) is 30.3 Å². The fraction of sp³-hybridized carbons (Fsp3) is 0.286. The average Bonchev–Trinajstić information content (AvgIpc) is 2.60. The number of hydrogen-bond donors (Lipinski definition) is 2. The third kappa shape index (κ3) is 3.98. The zero-order valence-corrected chi connectivity index (χ0v) is 14.6. The Hall–Kier alpha value is -2.43. The van der Waals surface area contributed by atoms with Crippen molar-refractivity contribution in [2.45, 2.75) is 32.9 Å². The van der Waals surface area contributed by atoms with Gasteiger partial charge in [0, 0.05) is 30.6 Å². The molecule has 0 aliphatic rings. The molecule has 2 N–H and O–H groups in total. The number of hydrogen-bond acceptors (Lipinski definition) is 4. The van der Waals surface area contributed by atoms with Crippen molar-refractivity contribution in [3.8, 4) is 0 Å². The molecule has 1 aromatic heterocycles. The second kappa shape index (κ2) is 7.64. The van der Waals surface area contributed by atoms with Crippen LogP contribution >= 0.6 is 0 Å². The molecule has 4 heteroatoms. The third-order valence-corrected chi connectivity index (χ3v) is 4.60. The van der Waals surface area contributed by atoms with E-state index in [1.807, 2.05) is 43.3 Å². The van der Waals surface area contributed by atoms with Crippen LogP contribution in [0.4, 0.5) is 0 Å². The van der Waals surface area contributed by atoms with Gasteiger partial charge in [-0.05, 0) is 54.7 Å². The fourth-order valence-electron chi connectivity index (χ4n) is 3.06. The normalized spacial score (nSPS) is 12.4. The lowest BCUT2D eigenvalue weighted by Crippen LogP contribution is -2.22. The van der Waals surface area contributed by atoms with Gasteiger partial charge in [-0.3, -0.25) is 0 Å². The molecule has 0 saturated carbocycles. The summed E-state index contributed by atoms with van der Waals surface area (Å²) < 4.78 is 5.35. The highest BCUT2D eigenvalue weighted by Gasteiger charge is 2.13. The lowest BCUT2D eigenvalue weighted by atomic mass is 10.0. The summed E-state index contributed by atoms with van der Waals surface area (Å²) in [5.74, 6) is 0. The largest absolute Gasteiger partial charge is 0.423 e. The van der Waals surface area contributed by atoms with Crippen molar-refractivity contribution < 1.29 is 9.52 Å². The minimum absolute atomic E-state index is 0.0278. The lowest BCUT2D eigenvalue weighted by Gasteiger charge is -2.19. The maximum Gasteiger partial charge on any atom is 0.336 e. The van der Waals surface area contributed by atoms with Gasteiger partial charge in [-0.2, -0.15) is 0 Å². The fourth-order valence-corrected chi connectivity index (χ4v) is 3.06. The van der Waals surface area contributed by atoms with Gasteiger partial charge in [0.25, 0.3) is 0 Å². The van der Waals surface area contributed by atoms with Gasteiger partial charge >= 0.3 is 5.63 Å². The van der Waals surface area contributed by atoms with Gasteiger partial charge < -0.3 is 14.8 Å². The molecule has 1 atom stereocenters. The third-order valence-electron chi connectivity index (χ3n) is 4.60. The van der Waals surface area contributed by atoms with Crippen molar-refractivity contribution in [1.82, 2.24) is 5.32 Å². The quantitative estimate of drug-likeness (QED) is 0.674. The molecule has 3 rings (SSSR count). The Morgan fingerprint density at radius 2 is 1.80 bits per heavy atom. The van der Waals surface area contributed by atoms with Crippen molar-refractivity contribution in [3.05, 3.63) is 81.2 Å². The number of aliphatic hydroxyl groups is 1. The van der Waals surface area contributed by atoms with E-state index in [9.17, 15) is 9.90 Å². The van der Waals surface area contributed by atoms with E-state index in [-0.39, 0.29) is 18.3 Å². The van der Waals surface area contributed by atoms with Crippen LogP contribution in [0.3, 0.4) is 0 Å². The van der Waals surface area contributed by atoms with E-state index in [2.05, 4.69) is 18.3 Å². The van der Waals surface area contributed by atoms with Crippen LogP contribution in [0.15, 0.2) is 57.7 Å². The maximum atomic E-state index is 11.9. The van der Waals surface area contributed by atoms with E-state index in [0.717, 1.165) is 27.6 Å². The summed E-state index contributed by atoms with van der Waals surface area (Å²) in [6, 6.07) is 15.6. The molecule has 0 saturated heterocycles. The van der Waals surface area contributed by atoms with Gasteiger partial charge in [0.2, 0.25) is 0 Å². The van der Waals surface area contributed by atoms with Crippen LogP contribution in [0.1, 0.15) is 34.7 Å². The molecule has 3 aromatic rings. The summed E-state index contributed by atoms with van der Waals surface area (Å²) in [4.78, 5) is 11.9. The highest BCUT2D eigenvalue weighted by atomic mass is 16.4. The molecular formula is C21H23NO3. The Kier molecular flexibility index (Phi) is 5.31. The summed E-state index contributed by atoms with van der Waals surface area (Å²) in [7, 11) is 0.